The van der Waals surface area contributed by atoms with E-state index in [1.165, 1.54) is 5.57 Å². The fraction of sp³-hybridized carbons (Fsp3) is 0.545. The van der Waals surface area contributed by atoms with Crippen molar-refractivity contribution in [3.63, 3.8) is 0 Å². The summed E-state index contributed by atoms with van der Waals surface area (Å²) in [7, 11) is 0. The van der Waals surface area contributed by atoms with Crippen LogP contribution in [0.4, 0.5) is 0 Å². The summed E-state index contributed by atoms with van der Waals surface area (Å²) in [6, 6.07) is 0.335. The van der Waals surface area contributed by atoms with Gasteiger partial charge >= 0.3 is 0 Å². The molecule has 1 fully saturated rings. The smallest absolute Gasteiger partial charge is 0.273 e. The first-order chi connectivity index (χ1) is 8.16. The lowest BCUT2D eigenvalue weighted by atomic mass is 10.2. The van der Waals surface area contributed by atoms with Crippen molar-refractivity contribution in [1.82, 2.24) is 25.6 Å². The maximum atomic E-state index is 11.7. The summed E-state index contributed by atoms with van der Waals surface area (Å²) in [5.74, 6) is -0.180. The van der Waals surface area contributed by atoms with Crippen molar-refractivity contribution in [3.05, 3.63) is 23.5 Å². The van der Waals surface area contributed by atoms with Crippen LogP contribution in [0.1, 0.15) is 30.4 Å². The minimum absolute atomic E-state index is 0.180. The predicted molar refractivity (Wildman–Crippen MR) is 63.7 cm³/mol. The molecule has 0 aromatic carbocycles. The summed E-state index contributed by atoms with van der Waals surface area (Å²) in [5, 5.41) is 13.7. The molecule has 2 heterocycles. The van der Waals surface area contributed by atoms with Gasteiger partial charge in [0.2, 0.25) is 0 Å². The normalized spacial score (nSPS) is 15.2. The van der Waals surface area contributed by atoms with Crippen molar-refractivity contribution in [3.8, 4) is 0 Å². The van der Waals surface area contributed by atoms with Gasteiger partial charge in [-0.3, -0.25) is 4.79 Å². The van der Waals surface area contributed by atoms with Gasteiger partial charge in [-0.1, -0.05) is 16.9 Å². The maximum Gasteiger partial charge on any atom is 0.273 e. The van der Waals surface area contributed by atoms with E-state index in [1.54, 1.807) is 10.9 Å². The monoisotopic (exact) mass is 235 g/mol. The van der Waals surface area contributed by atoms with Crippen molar-refractivity contribution < 1.29 is 4.79 Å². The summed E-state index contributed by atoms with van der Waals surface area (Å²) in [6.45, 7) is 6.29. The van der Waals surface area contributed by atoms with Crippen LogP contribution in [0.5, 0.6) is 0 Å². The fourth-order valence-corrected chi connectivity index (χ4v) is 1.46. The maximum absolute atomic E-state index is 11.7. The zero-order valence-electron chi connectivity index (χ0n) is 10.1. The van der Waals surface area contributed by atoms with Crippen LogP contribution < -0.4 is 10.6 Å². The molecule has 92 valence electrons. The van der Waals surface area contributed by atoms with Crippen molar-refractivity contribution in [1.29, 1.82) is 0 Å². The molecule has 1 saturated heterocycles. The molecule has 6 heteroatoms. The van der Waals surface area contributed by atoms with Gasteiger partial charge < -0.3 is 10.6 Å². The van der Waals surface area contributed by atoms with E-state index in [0.29, 0.717) is 18.3 Å². The molecule has 1 aliphatic rings. The van der Waals surface area contributed by atoms with Crippen LogP contribution in [-0.2, 0) is 0 Å². The SMILES string of the molecule is CC(C)=CCNC(=O)c1cn(C2CNC2)nn1. The van der Waals surface area contributed by atoms with Crippen LogP contribution in [-0.4, -0.2) is 40.5 Å². The Bertz CT molecular complexity index is 429. The van der Waals surface area contributed by atoms with Gasteiger partial charge in [0, 0.05) is 19.6 Å². The molecular formula is C11H17N5O. The third-order valence-corrected chi connectivity index (χ3v) is 2.65. The van der Waals surface area contributed by atoms with E-state index in [9.17, 15) is 4.79 Å². The molecule has 2 rings (SSSR count). The lowest BCUT2D eigenvalue weighted by Crippen LogP contribution is -2.43. The zero-order chi connectivity index (χ0) is 12.3. The van der Waals surface area contributed by atoms with E-state index in [4.69, 9.17) is 0 Å². The number of aromatic nitrogens is 3. The van der Waals surface area contributed by atoms with Gasteiger partial charge in [-0.25, -0.2) is 4.68 Å². The molecule has 1 aliphatic heterocycles. The largest absolute Gasteiger partial charge is 0.347 e. The van der Waals surface area contributed by atoms with Crippen molar-refractivity contribution in [2.45, 2.75) is 19.9 Å². The molecule has 0 saturated carbocycles. The van der Waals surface area contributed by atoms with Crippen molar-refractivity contribution in [2.24, 2.45) is 0 Å². The van der Waals surface area contributed by atoms with E-state index in [0.717, 1.165) is 13.1 Å². The van der Waals surface area contributed by atoms with Crippen molar-refractivity contribution >= 4 is 5.91 Å². The van der Waals surface area contributed by atoms with Crippen LogP contribution >= 0.6 is 0 Å². The molecule has 0 unspecified atom stereocenters. The molecule has 1 aromatic heterocycles. The molecule has 6 nitrogen and oxygen atoms in total. The number of hydrogen-bond acceptors (Lipinski definition) is 4. The lowest BCUT2D eigenvalue weighted by Gasteiger charge is -2.26. The Morgan fingerprint density at radius 3 is 3.00 bits per heavy atom. The van der Waals surface area contributed by atoms with Crippen LogP contribution in [0, 0.1) is 0 Å². The van der Waals surface area contributed by atoms with Gasteiger partial charge in [0.05, 0.1) is 12.2 Å². The lowest BCUT2D eigenvalue weighted by molar-refractivity contribution is 0.0953. The predicted octanol–water partition coefficient (Wildman–Crippen LogP) is 0.118. The summed E-state index contributed by atoms with van der Waals surface area (Å²) >= 11 is 0. The minimum atomic E-state index is -0.180. The molecule has 17 heavy (non-hydrogen) atoms. The summed E-state index contributed by atoms with van der Waals surface area (Å²) in [5.41, 5.74) is 1.55. The van der Waals surface area contributed by atoms with Gasteiger partial charge in [0.1, 0.15) is 0 Å². The Morgan fingerprint density at radius 2 is 2.41 bits per heavy atom. The summed E-state index contributed by atoms with van der Waals surface area (Å²) < 4.78 is 1.74. The Labute approximate surface area is 100 Å². The Hall–Kier alpha value is -1.69. The van der Waals surface area contributed by atoms with E-state index in [1.807, 2.05) is 19.9 Å². The third-order valence-electron chi connectivity index (χ3n) is 2.65. The highest BCUT2D eigenvalue weighted by atomic mass is 16.2. The van der Waals surface area contributed by atoms with Gasteiger partial charge in [0.25, 0.3) is 5.91 Å². The molecule has 1 aromatic rings. The van der Waals surface area contributed by atoms with Crippen LogP contribution in [0.2, 0.25) is 0 Å². The molecule has 0 atom stereocenters. The molecule has 0 bridgehead atoms. The average molecular weight is 235 g/mol. The van der Waals surface area contributed by atoms with E-state index in [2.05, 4.69) is 20.9 Å². The first kappa shape index (κ1) is 11.8. The van der Waals surface area contributed by atoms with Gasteiger partial charge in [-0.2, -0.15) is 0 Å². The van der Waals surface area contributed by atoms with Gasteiger partial charge in [-0.15, -0.1) is 5.10 Å². The highest BCUT2D eigenvalue weighted by molar-refractivity contribution is 5.91. The Kier molecular flexibility index (Phi) is 3.53. The van der Waals surface area contributed by atoms with Crippen molar-refractivity contribution in [2.75, 3.05) is 19.6 Å². The second kappa shape index (κ2) is 5.09. The van der Waals surface area contributed by atoms with E-state index in [-0.39, 0.29) is 5.91 Å². The Morgan fingerprint density at radius 1 is 1.65 bits per heavy atom. The highest BCUT2D eigenvalue weighted by Gasteiger charge is 2.21. The van der Waals surface area contributed by atoms with E-state index >= 15 is 0 Å². The van der Waals surface area contributed by atoms with Crippen LogP contribution in [0.15, 0.2) is 17.8 Å². The number of carbonyl (C=O) groups is 1. The highest BCUT2D eigenvalue weighted by Crippen LogP contribution is 2.09. The topological polar surface area (TPSA) is 71.8 Å². The molecule has 2 N–H and O–H groups in total. The second-order valence-corrected chi connectivity index (χ2v) is 4.39. The molecule has 0 radical (unpaired) electrons. The molecule has 0 aliphatic carbocycles. The first-order valence-electron chi connectivity index (χ1n) is 5.71. The number of nitrogens with one attached hydrogen (secondary N) is 2. The number of carbonyl (C=O) groups excluding carboxylic acids is 1. The number of allylic oxidation sites excluding steroid dienone is 1. The quantitative estimate of drug-likeness (QED) is 0.727. The molecule has 1 amide bonds. The van der Waals surface area contributed by atoms with E-state index < -0.39 is 0 Å². The molecule has 0 spiro atoms. The zero-order valence-corrected chi connectivity index (χ0v) is 10.1. The van der Waals surface area contributed by atoms with Crippen LogP contribution in [0.25, 0.3) is 0 Å². The fourth-order valence-electron chi connectivity index (χ4n) is 1.46. The summed E-state index contributed by atoms with van der Waals surface area (Å²) in [6.07, 6.45) is 3.65. The number of nitrogens with zero attached hydrogens (tertiary/aromatic N) is 3. The second-order valence-electron chi connectivity index (χ2n) is 4.39. The number of rotatable bonds is 4. The number of hydrogen-bond donors (Lipinski definition) is 2. The molecular weight excluding hydrogens is 218 g/mol. The number of amides is 1. The average Bonchev–Trinajstić information content (AvgIpc) is 2.63. The summed E-state index contributed by atoms with van der Waals surface area (Å²) in [4.78, 5) is 11.7. The van der Waals surface area contributed by atoms with Gasteiger partial charge in [0.15, 0.2) is 5.69 Å². The third kappa shape index (κ3) is 2.91. The Balaban J connectivity index is 1.90. The van der Waals surface area contributed by atoms with Gasteiger partial charge in [-0.05, 0) is 13.8 Å². The minimum Gasteiger partial charge on any atom is -0.347 e. The van der Waals surface area contributed by atoms with Crippen LogP contribution in [0.3, 0.4) is 0 Å². The standard InChI is InChI=1S/C11H17N5O/c1-8(2)3-4-13-11(17)10-7-16(15-14-10)9-5-12-6-9/h3,7,9,12H,4-6H2,1-2H3,(H,13,17). The first-order valence-corrected chi connectivity index (χ1v) is 5.71.